The summed E-state index contributed by atoms with van der Waals surface area (Å²) in [4.78, 5) is 12.8. The van der Waals surface area contributed by atoms with Gasteiger partial charge in [0.2, 0.25) is 0 Å². The van der Waals surface area contributed by atoms with Crippen molar-refractivity contribution < 1.29 is 4.92 Å². The van der Waals surface area contributed by atoms with Crippen LogP contribution in [0.15, 0.2) is 24.3 Å². The largest absolute Gasteiger partial charge is 0.368 e. The minimum atomic E-state index is -0.334. The molecule has 0 amide bonds. The van der Waals surface area contributed by atoms with Gasteiger partial charge in [-0.15, -0.1) is 0 Å². The molecule has 1 aliphatic carbocycles. The molecule has 4 heteroatoms. The van der Waals surface area contributed by atoms with Gasteiger partial charge in [-0.1, -0.05) is 19.8 Å². The van der Waals surface area contributed by atoms with Crippen molar-refractivity contribution in [1.29, 1.82) is 0 Å². The highest BCUT2D eigenvalue weighted by Gasteiger charge is 2.40. The molecule has 1 heterocycles. The Morgan fingerprint density at radius 3 is 2.58 bits per heavy atom. The van der Waals surface area contributed by atoms with Crippen LogP contribution in [0.2, 0.25) is 0 Å². The molecule has 3 rings (SSSR count). The van der Waals surface area contributed by atoms with E-state index in [2.05, 4.69) is 11.8 Å². The lowest BCUT2D eigenvalue weighted by Crippen LogP contribution is -2.34. The molecule has 3 unspecified atom stereocenters. The highest BCUT2D eigenvalue weighted by Crippen LogP contribution is 2.42. The van der Waals surface area contributed by atoms with Crippen molar-refractivity contribution in [3.05, 3.63) is 34.4 Å². The van der Waals surface area contributed by atoms with E-state index in [9.17, 15) is 10.1 Å². The summed E-state index contributed by atoms with van der Waals surface area (Å²) < 4.78 is 0. The van der Waals surface area contributed by atoms with Crippen LogP contribution in [0.4, 0.5) is 11.4 Å². The van der Waals surface area contributed by atoms with Crippen LogP contribution in [-0.2, 0) is 0 Å². The first-order chi connectivity index (χ1) is 9.16. The fourth-order valence-electron chi connectivity index (χ4n) is 3.83. The van der Waals surface area contributed by atoms with E-state index in [1.807, 2.05) is 12.1 Å². The topological polar surface area (TPSA) is 46.4 Å². The number of nitro groups is 1. The highest BCUT2D eigenvalue weighted by molar-refractivity contribution is 5.53. The monoisotopic (exact) mass is 260 g/mol. The summed E-state index contributed by atoms with van der Waals surface area (Å²) in [6, 6.07) is 7.70. The Labute approximate surface area is 113 Å². The fraction of sp³-hybridized carbons (Fsp3) is 0.600. The summed E-state index contributed by atoms with van der Waals surface area (Å²) >= 11 is 0. The number of benzene rings is 1. The van der Waals surface area contributed by atoms with E-state index in [1.165, 1.54) is 25.7 Å². The van der Waals surface area contributed by atoms with Crippen LogP contribution in [0.25, 0.3) is 0 Å². The summed E-state index contributed by atoms with van der Waals surface area (Å²) in [5, 5.41) is 10.7. The Kier molecular flexibility index (Phi) is 3.17. The maximum Gasteiger partial charge on any atom is 0.269 e. The van der Waals surface area contributed by atoms with Gasteiger partial charge in [0.15, 0.2) is 0 Å². The summed E-state index contributed by atoms with van der Waals surface area (Å²) in [6.07, 6.45) is 5.29. The van der Waals surface area contributed by atoms with E-state index in [1.54, 1.807) is 12.1 Å². The van der Waals surface area contributed by atoms with Gasteiger partial charge < -0.3 is 4.90 Å². The average molecular weight is 260 g/mol. The van der Waals surface area contributed by atoms with E-state index in [0.29, 0.717) is 6.04 Å². The van der Waals surface area contributed by atoms with Crippen LogP contribution in [0.1, 0.15) is 32.6 Å². The standard InChI is InChI=1S/C15H20N2O2/c1-11-10-16(15-5-3-2-4-14(11)15)12-6-8-13(9-7-12)17(18)19/h6-9,11,14-15H,2-5,10H2,1H3. The zero-order valence-electron chi connectivity index (χ0n) is 11.3. The van der Waals surface area contributed by atoms with Gasteiger partial charge in [-0.05, 0) is 36.8 Å². The van der Waals surface area contributed by atoms with Crippen LogP contribution in [0.3, 0.4) is 0 Å². The Morgan fingerprint density at radius 1 is 1.21 bits per heavy atom. The average Bonchev–Trinajstić information content (AvgIpc) is 2.77. The number of hydrogen-bond donors (Lipinski definition) is 0. The van der Waals surface area contributed by atoms with Crippen molar-refractivity contribution >= 4 is 11.4 Å². The lowest BCUT2D eigenvalue weighted by Gasteiger charge is -2.33. The van der Waals surface area contributed by atoms with Gasteiger partial charge >= 0.3 is 0 Å². The molecule has 0 bridgehead atoms. The van der Waals surface area contributed by atoms with Crippen LogP contribution in [0, 0.1) is 22.0 Å². The lowest BCUT2D eigenvalue weighted by atomic mass is 9.80. The predicted molar refractivity (Wildman–Crippen MR) is 75.4 cm³/mol. The van der Waals surface area contributed by atoms with Crippen molar-refractivity contribution in [2.45, 2.75) is 38.6 Å². The second kappa shape index (κ2) is 4.83. The molecule has 1 saturated carbocycles. The third-order valence-corrected chi connectivity index (χ3v) is 4.79. The predicted octanol–water partition coefficient (Wildman–Crippen LogP) is 3.61. The van der Waals surface area contributed by atoms with Gasteiger partial charge in [0.1, 0.15) is 0 Å². The van der Waals surface area contributed by atoms with Crippen molar-refractivity contribution in [2.75, 3.05) is 11.4 Å². The summed E-state index contributed by atoms with van der Waals surface area (Å²) in [6.45, 7) is 3.43. The third kappa shape index (κ3) is 2.20. The van der Waals surface area contributed by atoms with Crippen molar-refractivity contribution in [3.8, 4) is 0 Å². The molecule has 2 fully saturated rings. The summed E-state index contributed by atoms with van der Waals surface area (Å²) in [5.41, 5.74) is 1.32. The number of nitrogens with zero attached hydrogens (tertiary/aromatic N) is 2. The van der Waals surface area contributed by atoms with Crippen molar-refractivity contribution in [2.24, 2.45) is 11.8 Å². The van der Waals surface area contributed by atoms with Gasteiger partial charge in [-0.2, -0.15) is 0 Å². The van der Waals surface area contributed by atoms with Gasteiger partial charge in [0.05, 0.1) is 4.92 Å². The smallest absolute Gasteiger partial charge is 0.269 e. The first-order valence-corrected chi connectivity index (χ1v) is 7.18. The molecular weight excluding hydrogens is 240 g/mol. The van der Waals surface area contributed by atoms with Crippen LogP contribution in [0.5, 0.6) is 0 Å². The van der Waals surface area contributed by atoms with Crippen LogP contribution >= 0.6 is 0 Å². The Morgan fingerprint density at radius 2 is 1.89 bits per heavy atom. The Hall–Kier alpha value is -1.58. The molecule has 0 N–H and O–H groups in total. The van der Waals surface area contributed by atoms with E-state index >= 15 is 0 Å². The van der Waals surface area contributed by atoms with Crippen LogP contribution < -0.4 is 4.90 Å². The molecule has 19 heavy (non-hydrogen) atoms. The molecule has 0 aromatic heterocycles. The summed E-state index contributed by atoms with van der Waals surface area (Å²) in [7, 11) is 0. The minimum absolute atomic E-state index is 0.177. The van der Waals surface area contributed by atoms with E-state index in [-0.39, 0.29) is 10.6 Å². The maximum atomic E-state index is 10.7. The molecule has 1 aromatic carbocycles. The first kappa shape index (κ1) is 12.5. The number of non-ortho nitro benzene ring substituents is 1. The molecule has 1 saturated heterocycles. The molecule has 1 aromatic rings. The summed E-state index contributed by atoms with van der Waals surface area (Å²) in [5.74, 6) is 1.55. The first-order valence-electron chi connectivity index (χ1n) is 7.18. The fourth-order valence-corrected chi connectivity index (χ4v) is 3.83. The number of fused-ring (bicyclic) bond motifs is 1. The molecular formula is C15H20N2O2. The normalized spacial score (nSPS) is 30.2. The van der Waals surface area contributed by atoms with Gasteiger partial charge in [0.25, 0.3) is 5.69 Å². The molecule has 4 nitrogen and oxygen atoms in total. The SMILES string of the molecule is CC1CN(c2ccc([N+](=O)[O-])cc2)C2CCCCC12. The number of hydrogen-bond acceptors (Lipinski definition) is 3. The Bertz CT molecular complexity index is 472. The van der Waals surface area contributed by atoms with E-state index in [0.717, 1.165) is 24.1 Å². The van der Waals surface area contributed by atoms with Crippen molar-refractivity contribution in [3.63, 3.8) is 0 Å². The third-order valence-electron chi connectivity index (χ3n) is 4.79. The highest BCUT2D eigenvalue weighted by atomic mass is 16.6. The van der Waals surface area contributed by atoms with Crippen LogP contribution in [-0.4, -0.2) is 17.5 Å². The molecule has 102 valence electrons. The van der Waals surface area contributed by atoms with Gasteiger partial charge in [0, 0.05) is 30.4 Å². The van der Waals surface area contributed by atoms with E-state index < -0.39 is 0 Å². The lowest BCUT2D eigenvalue weighted by molar-refractivity contribution is -0.384. The minimum Gasteiger partial charge on any atom is -0.368 e. The maximum absolute atomic E-state index is 10.7. The molecule has 3 atom stereocenters. The second-order valence-electron chi connectivity index (χ2n) is 5.92. The molecule has 2 aliphatic rings. The molecule has 1 aliphatic heterocycles. The Balaban J connectivity index is 1.83. The second-order valence-corrected chi connectivity index (χ2v) is 5.92. The molecule has 0 radical (unpaired) electrons. The zero-order valence-corrected chi connectivity index (χ0v) is 11.3. The van der Waals surface area contributed by atoms with Crippen molar-refractivity contribution in [1.82, 2.24) is 0 Å². The number of rotatable bonds is 2. The number of anilines is 1. The number of nitro benzene ring substituents is 1. The van der Waals surface area contributed by atoms with Gasteiger partial charge in [-0.3, -0.25) is 10.1 Å². The quantitative estimate of drug-likeness (QED) is 0.603. The molecule has 0 spiro atoms. The van der Waals surface area contributed by atoms with Gasteiger partial charge in [-0.25, -0.2) is 0 Å². The zero-order chi connectivity index (χ0) is 13.4. The van der Waals surface area contributed by atoms with E-state index in [4.69, 9.17) is 0 Å².